The number of nitrogens with one attached hydrogen (secondary N) is 1. The predicted molar refractivity (Wildman–Crippen MR) is 48.8 cm³/mol. The van der Waals surface area contributed by atoms with E-state index < -0.39 is 12.5 Å². The van der Waals surface area contributed by atoms with Crippen molar-refractivity contribution < 1.29 is 8.78 Å². The fourth-order valence-corrected chi connectivity index (χ4v) is 0.706. The molecule has 78 valence electrons. The van der Waals surface area contributed by atoms with Gasteiger partial charge in [0.2, 0.25) is 0 Å². The number of alkyl halides is 2. The minimum absolute atomic E-state index is 0.0295. The van der Waals surface area contributed by atoms with Crippen LogP contribution in [-0.4, -0.2) is 31.5 Å². The van der Waals surface area contributed by atoms with E-state index in [0.29, 0.717) is 19.5 Å². The van der Waals surface area contributed by atoms with Crippen LogP contribution in [0.3, 0.4) is 0 Å². The zero-order chi connectivity index (χ0) is 10.3. The SMILES string of the molecule is CC(NCCCN=C(N)N)C(F)F. The molecule has 4 nitrogen and oxygen atoms in total. The van der Waals surface area contributed by atoms with Gasteiger partial charge in [-0.25, -0.2) is 8.78 Å². The van der Waals surface area contributed by atoms with Gasteiger partial charge in [0, 0.05) is 6.54 Å². The molecule has 0 bridgehead atoms. The average molecular weight is 194 g/mol. The highest BCUT2D eigenvalue weighted by atomic mass is 19.3. The third kappa shape index (κ3) is 7.45. The topological polar surface area (TPSA) is 76.4 Å². The third-order valence-electron chi connectivity index (χ3n) is 1.47. The minimum Gasteiger partial charge on any atom is -0.370 e. The Kier molecular flexibility index (Phi) is 6.13. The van der Waals surface area contributed by atoms with E-state index in [0.717, 1.165) is 0 Å². The van der Waals surface area contributed by atoms with Gasteiger partial charge in [-0.05, 0) is 19.9 Å². The summed E-state index contributed by atoms with van der Waals surface area (Å²) in [6.07, 6.45) is -1.68. The molecule has 0 aliphatic rings. The number of nitrogens with zero attached hydrogens (tertiary/aromatic N) is 1. The molecular formula is C7H16F2N4. The maximum atomic E-state index is 11.9. The summed E-state index contributed by atoms with van der Waals surface area (Å²) in [5.74, 6) is 0.0295. The Morgan fingerprint density at radius 3 is 2.54 bits per heavy atom. The molecule has 0 radical (unpaired) electrons. The lowest BCUT2D eigenvalue weighted by molar-refractivity contribution is 0.106. The molecule has 0 amide bonds. The molecule has 0 saturated heterocycles. The van der Waals surface area contributed by atoms with E-state index in [2.05, 4.69) is 10.3 Å². The summed E-state index contributed by atoms with van der Waals surface area (Å²) in [6.45, 7) is 2.39. The van der Waals surface area contributed by atoms with E-state index in [1.54, 1.807) is 0 Å². The van der Waals surface area contributed by atoms with Crippen molar-refractivity contribution in [2.75, 3.05) is 13.1 Å². The summed E-state index contributed by atoms with van der Waals surface area (Å²) in [7, 11) is 0. The minimum atomic E-state index is -2.33. The van der Waals surface area contributed by atoms with Gasteiger partial charge < -0.3 is 16.8 Å². The number of aliphatic imine (C=N–C) groups is 1. The lowest BCUT2D eigenvalue weighted by Gasteiger charge is -2.11. The monoisotopic (exact) mass is 194 g/mol. The molecule has 1 unspecified atom stereocenters. The van der Waals surface area contributed by atoms with Crippen molar-refractivity contribution in [2.45, 2.75) is 25.8 Å². The normalized spacial score (nSPS) is 12.9. The van der Waals surface area contributed by atoms with E-state index in [1.807, 2.05) is 0 Å². The number of hydrogen-bond acceptors (Lipinski definition) is 2. The molecule has 0 heterocycles. The van der Waals surface area contributed by atoms with Crippen LogP contribution in [0.15, 0.2) is 4.99 Å². The Bertz CT molecular complexity index is 157. The maximum absolute atomic E-state index is 11.9. The molecular weight excluding hydrogens is 178 g/mol. The number of nitrogens with two attached hydrogens (primary N) is 2. The van der Waals surface area contributed by atoms with Gasteiger partial charge in [0.05, 0.1) is 6.04 Å². The summed E-state index contributed by atoms with van der Waals surface area (Å²) in [6, 6.07) is -0.779. The molecule has 0 aromatic rings. The summed E-state index contributed by atoms with van der Waals surface area (Å²) in [4.78, 5) is 3.71. The summed E-state index contributed by atoms with van der Waals surface area (Å²) < 4.78 is 23.9. The van der Waals surface area contributed by atoms with Gasteiger partial charge in [0.25, 0.3) is 6.43 Å². The number of hydrogen-bond donors (Lipinski definition) is 3. The van der Waals surface area contributed by atoms with Gasteiger partial charge in [-0.1, -0.05) is 0 Å². The van der Waals surface area contributed by atoms with Crippen LogP contribution < -0.4 is 16.8 Å². The maximum Gasteiger partial charge on any atom is 0.253 e. The molecule has 6 heteroatoms. The fourth-order valence-electron chi connectivity index (χ4n) is 0.706. The van der Waals surface area contributed by atoms with Crippen LogP contribution in [0.2, 0.25) is 0 Å². The summed E-state index contributed by atoms with van der Waals surface area (Å²) >= 11 is 0. The number of guanidine groups is 1. The highest BCUT2D eigenvalue weighted by molar-refractivity contribution is 5.75. The quantitative estimate of drug-likeness (QED) is 0.314. The van der Waals surface area contributed by atoms with E-state index >= 15 is 0 Å². The summed E-state index contributed by atoms with van der Waals surface area (Å²) in [5.41, 5.74) is 10.1. The Balaban J connectivity index is 3.31. The van der Waals surface area contributed by atoms with Crippen LogP contribution >= 0.6 is 0 Å². The Labute approximate surface area is 76.4 Å². The Morgan fingerprint density at radius 2 is 2.08 bits per heavy atom. The molecule has 1 atom stereocenters. The van der Waals surface area contributed by atoms with Gasteiger partial charge in [-0.3, -0.25) is 4.99 Å². The van der Waals surface area contributed by atoms with Gasteiger partial charge in [0.15, 0.2) is 5.96 Å². The van der Waals surface area contributed by atoms with Crippen LogP contribution in [0.4, 0.5) is 8.78 Å². The van der Waals surface area contributed by atoms with Crippen molar-refractivity contribution in [1.29, 1.82) is 0 Å². The van der Waals surface area contributed by atoms with Crippen molar-refractivity contribution >= 4 is 5.96 Å². The smallest absolute Gasteiger partial charge is 0.253 e. The molecule has 5 N–H and O–H groups in total. The van der Waals surface area contributed by atoms with E-state index in [4.69, 9.17) is 11.5 Å². The van der Waals surface area contributed by atoms with E-state index in [9.17, 15) is 8.78 Å². The van der Waals surface area contributed by atoms with Crippen molar-refractivity contribution in [3.8, 4) is 0 Å². The molecule has 0 saturated carbocycles. The first kappa shape index (κ1) is 12.1. The molecule has 0 spiro atoms. The lowest BCUT2D eigenvalue weighted by Crippen LogP contribution is -2.33. The van der Waals surface area contributed by atoms with Crippen molar-refractivity contribution in [2.24, 2.45) is 16.5 Å². The highest BCUT2D eigenvalue weighted by Gasteiger charge is 2.12. The van der Waals surface area contributed by atoms with Gasteiger partial charge in [0.1, 0.15) is 0 Å². The largest absolute Gasteiger partial charge is 0.370 e. The van der Waals surface area contributed by atoms with Gasteiger partial charge in [-0.15, -0.1) is 0 Å². The second-order valence-electron chi connectivity index (χ2n) is 2.74. The van der Waals surface area contributed by atoms with Crippen LogP contribution in [0.25, 0.3) is 0 Å². The zero-order valence-corrected chi connectivity index (χ0v) is 7.63. The standard InChI is InChI=1S/C7H16F2N4/c1-5(6(8)9)12-3-2-4-13-7(10)11/h5-6,12H,2-4H2,1H3,(H4,10,11,13). The van der Waals surface area contributed by atoms with Crippen molar-refractivity contribution in [3.05, 3.63) is 0 Å². The van der Waals surface area contributed by atoms with E-state index in [-0.39, 0.29) is 5.96 Å². The van der Waals surface area contributed by atoms with Crippen LogP contribution in [0.5, 0.6) is 0 Å². The molecule has 13 heavy (non-hydrogen) atoms. The van der Waals surface area contributed by atoms with Crippen molar-refractivity contribution in [3.63, 3.8) is 0 Å². The Morgan fingerprint density at radius 1 is 1.46 bits per heavy atom. The first-order valence-electron chi connectivity index (χ1n) is 4.11. The average Bonchev–Trinajstić information content (AvgIpc) is 2.02. The summed E-state index contributed by atoms with van der Waals surface area (Å²) in [5, 5.41) is 2.65. The van der Waals surface area contributed by atoms with Crippen LogP contribution in [0.1, 0.15) is 13.3 Å². The fraction of sp³-hybridized carbons (Fsp3) is 0.857. The van der Waals surface area contributed by atoms with Gasteiger partial charge >= 0.3 is 0 Å². The second kappa shape index (κ2) is 6.59. The molecule has 0 aliphatic carbocycles. The zero-order valence-electron chi connectivity index (χ0n) is 7.63. The lowest BCUT2D eigenvalue weighted by atomic mass is 10.3. The van der Waals surface area contributed by atoms with Crippen LogP contribution in [0, 0.1) is 0 Å². The van der Waals surface area contributed by atoms with Gasteiger partial charge in [-0.2, -0.15) is 0 Å². The molecule has 0 aliphatic heterocycles. The van der Waals surface area contributed by atoms with Crippen LogP contribution in [-0.2, 0) is 0 Å². The van der Waals surface area contributed by atoms with Crippen molar-refractivity contribution in [1.82, 2.24) is 5.32 Å². The molecule has 0 aromatic carbocycles. The highest BCUT2D eigenvalue weighted by Crippen LogP contribution is 1.98. The first-order chi connectivity index (χ1) is 6.04. The number of halogens is 2. The molecule has 0 aromatic heterocycles. The Hall–Kier alpha value is -0.910. The predicted octanol–water partition coefficient (Wildman–Crippen LogP) is -0.107. The molecule has 0 fully saturated rings. The number of rotatable bonds is 6. The second-order valence-corrected chi connectivity index (χ2v) is 2.74. The molecule has 0 rings (SSSR count). The first-order valence-corrected chi connectivity index (χ1v) is 4.11. The van der Waals surface area contributed by atoms with E-state index in [1.165, 1.54) is 6.92 Å². The third-order valence-corrected chi connectivity index (χ3v) is 1.47.